The molecule has 0 aromatic carbocycles. The highest BCUT2D eigenvalue weighted by molar-refractivity contribution is 6.31. The van der Waals surface area contributed by atoms with Crippen molar-refractivity contribution < 1.29 is 4.74 Å². The summed E-state index contributed by atoms with van der Waals surface area (Å²) in [6.45, 7) is 5.10. The lowest BCUT2D eigenvalue weighted by Crippen LogP contribution is -2.49. The second kappa shape index (κ2) is 6.46. The Bertz CT molecular complexity index is 425. The molecule has 0 spiro atoms. The van der Waals surface area contributed by atoms with E-state index in [2.05, 4.69) is 24.3 Å². The summed E-state index contributed by atoms with van der Waals surface area (Å²) in [5, 5.41) is 8.42. The minimum atomic E-state index is -0.182. The third-order valence-electron chi connectivity index (χ3n) is 4.45. The molecule has 0 saturated heterocycles. The number of hydrogen-bond donors (Lipinski definition) is 1. The third kappa shape index (κ3) is 2.87. The SMILES string of the molecule is CCOC1(C(NC)c2c(Cl)cnn2C)CCCC(C)C1. The van der Waals surface area contributed by atoms with Crippen molar-refractivity contribution in [3.63, 3.8) is 0 Å². The molecule has 0 radical (unpaired) electrons. The monoisotopic (exact) mass is 299 g/mol. The molecule has 5 heteroatoms. The number of rotatable bonds is 5. The summed E-state index contributed by atoms with van der Waals surface area (Å²) in [5.41, 5.74) is 0.843. The van der Waals surface area contributed by atoms with E-state index < -0.39 is 0 Å². The van der Waals surface area contributed by atoms with Crippen LogP contribution in [-0.2, 0) is 11.8 Å². The first-order chi connectivity index (χ1) is 9.54. The lowest BCUT2D eigenvalue weighted by atomic mass is 9.73. The predicted octanol–water partition coefficient (Wildman–Crippen LogP) is 3.32. The van der Waals surface area contributed by atoms with Gasteiger partial charge in [0.25, 0.3) is 0 Å². The van der Waals surface area contributed by atoms with Crippen molar-refractivity contribution in [2.24, 2.45) is 13.0 Å². The summed E-state index contributed by atoms with van der Waals surface area (Å²) in [5.74, 6) is 0.679. The third-order valence-corrected chi connectivity index (χ3v) is 4.74. The molecule has 1 aromatic rings. The van der Waals surface area contributed by atoms with Gasteiger partial charge in [-0.05, 0) is 32.7 Å². The van der Waals surface area contributed by atoms with E-state index in [0.717, 1.165) is 25.1 Å². The summed E-state index contributed by atoms with van der Waals surface area (Å²) in [7, 11) is 3.92. The highest BCUT2D eigenvalue weighted by Gasteiger charge is 2.44. The number of halogens is 1. The topological polar surface area (TPSA) is 39.1 Å². The van der Waals surface area contributed by atoms with E-state index in [0.29, 0.717) is 10.9 Å². The van der Waals surface area contributed by atoms with Crippen LogP contribution in [0.4, 0.5) is 0 Å². The Hall–Kier alpha value is -0.580. The van der Waals surface area contributed by atoms with Crippen molar-refractivity contribution in [3.8, 4) is 0 Å². The fraction of sp³-hybridized carbons (Fsp3) is 0.800. The lowest BCUT2D eigenvalue weighted by Gasteiger charge is -2.45. The second-order valence-electron chi connectivity index (χ2n) is 5.92. The highest BCUT2D eigenvalue weighted by Crippen LogP contribution is 2.44. The molecule has 1 saturated carbocycles. The van der Waals surface area contributed by atoms with Crippen molar-refractivity contribution in [2.75, 3.05) is 13.7 Å². The lowest BCUT2D eigenvalue weighted by molar-refractivity contribution is -0.102. The number of nitrogens with zero attached hydrogens (tertiary/aromatic N) is 2. The van der Waals surface area contributed by atoms with Crippen molar-refractivity contribution in [2.45, 2.75) is 51.2 Å². The summed E-state index contributed by atoms with van der Waals surface area (Å²) >= 11 is 6.36. The molecule has 3 atom stereocenters. The van der Waals surface area contributed by atoms with Gasteiger partial charge in [0.2, 0.25) is 0 Å². The summed E-state index contributed by atoms with van der Waals surface area (Å²) in [6.07, 6.45) is 6.33. The maximum atomic E-state index is 6.36. The van der Waals surface area contributed by atoms with Gasteiger partial charge in [-0.15, -0.1) is 0 Å². The molecule has 0 amide bonds. The van der Waals surface area contributed by atoms with Crippen LogP contribution < -0.4 is 5.32 Å². The Labute approximate surface area is 126 Å². The Kier molecular flexibility index (Phi) is 5.10. The van der Waals surface area contributed by atoms with Crippen LogP contribution in [0.15, 0.2) is 6.20 Å². The van der Waals surface area contributed by atoms with Gasteiger partial charge >= 0.3 is 0 Å². The van der Waals surface area contributed by atoms with Crippen LogP contribution in [0.25, 0.3) is 0 Å². The average molecular weight is 300 g/mol. The Morgan fingerprint density at radius 3 is 2.90 bits per heavy atom. The van der Waals surface area contributed by atoms with Gasteiger partial charge in [-0.25, -0.2) is 0 Å². The fourth-order valence-electron chi connectivity index (χ4n) is 3.70. The Balaban J connectivity index is 2.39. The van der Waals surface area contributed by atoms with Gasteiger partial charge in [-0.3, -0.25) is 4.68 Å². The van der Waals surface area contributed by atoms with Crippen molar-refractivity contribution in [1.82, 2.24) is 15.1 Å². The van der Waals surface area contributed by atoms with Gasteiger partial charge in [-0.2, -0.15) is 5.10 Å². The van der Waals surface area contributed by atoms with Gasteiger partial charge < -0.3 is 10.1 Å². The molecule has 1 N–H and O–H groups in total. The summed E-state index contributed by atoms with van der Waals surface area (Å²) in [4.78, 5) is 0. The van der Waals surface area contributed by atoms with Gasteiger partial charge in [0.05, 0.1) is 28.6 Å². The largest absolute Gasteiger partial charge is 0.373 e. The molecule has 1 heterocycles. The average Bonchev–Trinajstić information content (AvgIpc) is 2.72. The molecule has 1 fully saturated rings. The second-order valence-corrected chi connectivity index (χ2v) is 6.33. The molecule has 4 nitrogen and oxygen atoms in total. The Morgan fingerprint density at radius 2 is 2.40 bits per heavy atom. The quantitative estimate of drug-likeness (QED) is 0.906. The molecule has 3 unspecified atom stereocenters. The minimum absolute atomic E-state index is 0.0743. The van der Waals surface area contributed by atoms with Gasteiger partial charge in [0, 0.05) is 13.7 Å². The van der Waals surface area contributed by atoms with Crippen LogP contribution in [0.2, 0.25) is 5.02 Å². The molecule has 114 valence electrons. The van der Waals surface area contributed by atoms with Gasteiger partial charge in [0.1, 0.15) is 0 Å². The molecular weight excluding hydrogens is 274 g/mol. The van der Waals surface area contributed by atoms with E-state index in [-0.39, 0.29) is 11.6 Å². The molecule has 20 heavy (non-hydrogen) atoms. The van der Waals surface area contributed by atoms with Crippen LogP contribution >= 0.6 is 11.6 Å². The normalized spacial score (nSPS) is 28.6. The number of aryl methyl sites for hydroxylation is 1. The van der Waals surface area contributed by atoms with Crippen LogP contribution in [-0.4, -0.2) is 29.0 Å². The number of hydrogen-bond acceptors (Lipinski definition) is 3. The smallest absolute Gasteiger partial charge is 0.0894 e. The van der Waals surface area contributed by atoms with Crippen LogP contribution in [0.1, 0.15) is 51.3 Å². The van der Waals surface area contributed by atoms with E-state index in [1.165, 1.54) is 12.8 Å². The zero-order valence-electron chi connectivity index (χ0n) is 12.9. The maximum absolute atomic E-state index is 6.36. The fourth-order valence-corrected chi connectivity index (χ4v) is 3.98. The van der Waals surface area contributed by atoms with Crippen LogP contribution in [0.3, 0.4) is 0 Å². The van der Waals surface area contributed by atoms with Crippen molar-refractivity contribution in [1.29, 1.82) is 0 Å². The van der Waals surface area contributed by atoms with E-state index >= 15 is 0 Å². The molecule has 1 aliphatic rings. The number of ether oxygens (including phenoxy) is 1. The highest BCUT2D eigenvalue weighted by atomic mass is 35.5. The predicted molar refractivity (Wildman–Crippen MR) is 82.0 cm³/mol. The van der Waals surface area contributed by atoms with Gasteiger partial charge in [-0.1, -0.05) is 31.4 Å². The van der Waals surface area contributed by atoms with Crippen LogP contribution in [0, 0.1) is 5.92 Å². The summed E-state index contributed by atoms with van der Waals surface area (Å²) < 4.78 is 8.13. The number of likely N-dealkylation sites (N-methyl/N-ethyl adjacent to an activating group) is 1. The number of nitrogens with one attached hydrogen (secondary N) is 1. The Morgan fingerprint density at radius 1 is 1.65 bits per heavy atom. The molecule has 1 aliphatic carbocycles. The van der Waals surface area contributed by atoms with E-state index in [1.54, 1.807) is 6.20 Å². The molecule has 0 bridgehead atoms. The molecule has 1 aromatic heterocycles. The zero-order chi connectivity index (χ0) is 14.8. The van der Waals surface area contributed by atoms with Crippen molar-refractivity contribution in [3.05, 3.63) is 16.9 Å². The maximum Gasteiger partial charge on any atom is 0.0894 e. The van der Waals surface area contributed by atoms with E-state index in [4.69, 9.17) is 16.3 Å². The van der Waals surface area contributed by atoms with Gasteiger partial charge in [0.15, 0.2) is 0 Å². The standard InChI is InChI=1S/C15H26ClN3O/c1-5-20-15(8-6-7-11(2)9-15)14(17-3)13-12(16)10-18-19(13)4/h10-11,14,17H,5-9H2,1-4H3. The molecular formula is C15H26ClN3O. The first kappa shape index (κ1) is 15.8. The summed E-state index contributed by atoms with van der Waals surface area (Å²) in [6, 6.07) is 0.0743. The van der Waals surface area contributed by atoms with Crippen molar-refractivity contribution >= 4 is 11.6 Å². The van der Waals surface area contributed by atoms with E-state index in [9.17, 15) is 0 Å². The minimum Gasteiger partial charge on any atom is -0.373 e. The molecule has 0 aliphatic heterocycles. The molecule has 2 rings (SSSR count). The van der Waals surface area contributed by atoms with E-state index in [1.807, 2.05) is 18.8 Å². The number of aromatic nitrogens is 2. The zero-order valence-corrected chi connectivity index (χ0v) is 13.7. The first-order valence-electron chi connectivity index (χ1n) is 7.52. The first-order valence-corrected chi connectivity index (χ1v) is 7.90. The van der Waals surface area contributed by atoms with Crippen LogP contribution in [0.5, 0.6) is 0 Å².